The molecule has 0 N–H and O–H groups in total. The summed E-state index contributed by atoms with van der Waals surface area (Å²) in [6.07, 6.45) is 0.00705. The van der Waals surface area contributed by atoms with E-state index in [4.69, 9.17) is 22.8 Å². The normalized spacial score (nSPS) is 14.9. The first kappa shape index (κ1) is 26.0. The minimum Gasteiger partial charge on any atom is -0.451 e. The number of hydrogen-bond acceptors (Lipinski definition) is 7. The maximum absolute atomic E-state index is 14.7. The van der Waals surface area contributed by atoms with Gasteiger partial charge in [-0.15, -0.1) is 6.42 Å². The van der Waals surface area contributed by atoms with Crippen LogP contribution in [0.25, 0.3) is 5.69 Å². The molecule has 3 rings (SSSR count). The lowest BCUT2D eigenvalue weighted by atomic mass is 10.2. The molecule has 184 valence electrons. The lowest BCUT2D eigenvalue weighted by Gasteiger charge is -2.16. The highest BCUT2D eigenvalue weighted by Crippen LogP contribution is 2.32. The topological polar surface area (TPSA) is 103 Å². The fourth-order valence-corrected chi connectivity index (χ4v) is 4.03. The monoisotopic (exact) mass is 532 g/mol. The lowest BCUT2D eigenvalue weighted by Crippen LogP contribution is -2.41. The van der Waals surface area contributed by atoms with E-state index in [1.54, 1.807) is 0 Å². The third-order valence-electron chi connectivity index (χ3n) is 4.54. The summed E-state index contributed by atoms with van der Waals surface area (Å²) in [6, 6.07) is 1.71. The summed E-state index contributed by atoms with van der Waals surface area (Å²) in [5.74, 6) is -0.515. The summed E-state index contributed by atoms with van der Waals surface area (Å²) in [6.45, 7) is -0.846. The van der Waals surface area contributed by atoms with Crippen LogP contribution in [-0.4, -0.2) is 50.0 Å². The van der Waals surface area contributed by atoms with Gasteiger partial charge in [-0.25, -0.2) is 18.7 Å². The molecule has 0 unspecified atom stereocenters. The summed E-state index contributed by atoms with van der Waals surface area (Å²) in [7, 11) is 0.772. The number of amidine groups is 1. The Morgan fingerprint density at radius 2 is 1.97 bits per heavy atom. The van der Waals surface area contributed by atoms with Crippen LogP contribution in [0.4, 0.5) is 23.2 Å². The van der Waals surface area contributed by atoms with Crippen LogP contribution in [0.1, 0.15) is 5.69 Å². The van der Waals surface area contributed by atoms with E-state index in [1.807, 2.05) is 0 Å². The zero-order valence-electron chi connectivity index (χ0n) is 17.6. The molecular weight excluding hydrogens is 520 g/mol. The van der Waals surface area contributed by atoms with Crippen molar-refractivity contribution in [1.82, 2.24) is 14.0 Å². The standard InChI is InChI=1S/C20H13ClF4N4O5S/c1-3-4-34-17(32)8-28-16(31)9-35-18(28)26-12-6-13(11(22)5-10(12)21)29-15(30)7-14(20(23,24)25)27(2)19(29)33/h1,5-7H,4,8-9H2,2H3/b26-18-. The lowest BCUT2D eigenvalue weighted by molar-refractivity contribution is -0.145. The molecule has 1 amide bonds. The summed E-state index contributed by atoms with van der Waals surface area (Å²) in [4.78, 5) is 54.0. The van der Waals surface area contributed by atoms with Gasteiger partial charge in [-0.05, 0) is 12.1 Å². The molecule has 1 aromatic heterocycles. The summed E-state index contributed by atoms with van der Waals surface area (Å²) >= 11 is 6.94. The zero-order chi connectivity index (χ0) is 26.1. The Balaban J connectivity index is 2.09. The summed E-state index contributed by atoms with van der Waals surface area (Å²) in [5, 5.41) is -0.329. The molecule has 0 spiro atoms. The van der Waals surface area contributed by atoms with Crippen molar-refractivity contribution in [1.29, 1.82) is 0 Å². The van der Waals surface area contributed by atoms with Crippen molar-refractivity contribution in [2.24, 2.45) is 12.0 Å². The van der Waals surface area contributed by atoms with Crippen molar-refractivity contribution in [2.45, 2.75) is 6.18 Å². The molecule has 1 aliphatic rings. The van der Waals surface area contributed by atoms with E-state index in [1.165, 1.54) is 0 Å². The number of ether oxygens (including phenoxy) is 1. The number of amides is 1. The molecule has 1 aliphatic heterocycles. The number of thioether (sulfide) groups is 1. The molecule has 1 aromatic carbocycles. The number of halogens is 5. The second kappa shape index (κ2) is 9.96. The van der Waals surface area contributed by atoms with Crippen molar-refractivity contribution in [2.75, 3.05) is 18.9 Å². The Morgan fingerprint density at radius 1 is 1.29 bits per heavy atom. The molecule has 0 bridgehead atoms. The quantitative estimate of drug-likeness (QED) is 0.332. The first-order chi connectivity index (χ1) is 16.3. The molecule has 1 saturated heterocycles. The van der Waals surface area contributed by atoms with Gasteiger partial charge < -0.3 is 4.74 Å². The number of benzene rings is 1. The Labute approximate surface area is 202 Å². The highest BCUT2D eigenvalue weighted by molar-refractivity contribution is 8.15. The van der Waals surface area contributed by atoms with Crippen molar-refractivity contribution in [3.63, 3.8) is 0 Å². The van der Waals surface area contributed by atoms with Gasteiger partial charge in [-0.3, -0.25) is 23.9 Å². The van der Waals surface area contributed by atoms with Gasteiger partial charge >= 0.3 is 17.8 Å². The van der Waals surface area contributed by atoms with E-state index in [0.717, 1.165) is 29.8 Å². The van der Waals surface area contributed by atoms with Crippen LogP contribution < -0.4 is 11.2 Å². The zero-order valence-corrected chi connectivity index (χ0v) is 19.1. The van der Waals surface area contributed by atoms with Crippen LogP contribution in [0.5, 0.6) is 0 Å². The molecule has 2 heterocycles. The highest BCUT2D eigenvalue weighted by Gasteiger charge is 2.35. The van der Waals surface area contributed by atoms with Crippen molar-refractivity contribution in [3.8, 4) is 18.0 Å². The summed E-state index contributed by atoms with van der Waals surface area (Å²) in [5.41, 5.74) is -5.37. The molecule has 0 saturated carbocycles. The van der Waals surface area contributed by atoms with E-state index in [-0.39, 0.29) is 43.4 Å². The Hall–Kier alpha value is -3.57. The Bertz CT molecular complexity index is 1410. The molecule has 0 radical (unpaired) electrons. The molecule has 9 nitrogen and oxygen atoms in total. The fraction of sp³-hybridized carbons (Fsp3) is 0.250. The first-order valence-corrected chi connectivity index (χ1v) is 10.7. The number of aliphatic imine (C=N–C) groups is 1. The van der Waals surface area contributed by atoms with Gasteiger partial charge in [0.25, 0.3) is 5.56 Å². The molecule has 1 fully saturated rings. The van der Waals surface area contributed by atoms with Gasteiger partial charge in [0.05, 0.1) is 22.2 Å². The van der Waals surface area contributed by atoms with Gasteiger partial charge in [-0.1, -0.05) is 29.3 Å². The van der Waals surface area contributed by atoms with Crippen LogP contribution in [0.2, 0.25) is 5.02 Å². The van der Waals surface area contributed by atoms with Gasteiger partial charge in [0.2, 0.25) is 5.91 Å². The molecule has 0 aliphatic carbocycles. The van der Waals surface area contributed by atoms with Gasteiger partial charge in [0.1, 0.15) is 18.1 Å². The number of carbonyl (C=O) groups is 2. The van der Waals surface area contributed by atoms with E-state index < -0.39 is 53.0 Å². The van der Waals surface area contributed by atoms with E-state index in [9.17, 15) is 36.7 Å². The van der Waals surface area contributed by atoms with Crippen LogP contribution >= 0.6 is 23.4 Å². The van der Waals surface area contributed by atoms with Crippen molar-refractivity contribution in [3.05, 3.63) is 55.6 Å². The number of terminal acetylenes is 1. The smallest absolute Gasteiger partial charge is 0.431 e. The van der Waals surface area contributed by atoms with Crippen LogP contribution in [-0.2, 0) is 27.5 Å². The molecule has 2 aromatic rings. The number of rotatable bonds is 5. The summed E-state index contributed by atoms with van der Waals surface area (Å²) < 4.78 is 59.0. The van der Waals surface area contributed by atoms with E-state index in [2.05, 4.69) is 10.9 Å². The number of esters is 1. The number of hydrogen-bond donors (Lipinski definition) is 0. The minimum absolute atomic E-state index is 0.0280. The van der Waals surface area contributed by atoms with Crippen molar-refractivity contribution >= 4 is 46.1 Å². The number of aromatic nitrogens is 2. The first-order valence-electron chi connectivity index (χ1n) is 9.35. The number of carbonyl (C=O) groups excluding carboxylic acids is 2. The molecular formula is C20H13ClF4N4O5S. The third-order valence-corrected chi connectivity index (χ3v) is 5.81. The number of alkyl halides is 3. The minimum atomic E-state index is -5.00. The number of nitrogens with zero attached hydrogens (tertiary/aromatic N) is 4. The predicted octanol–water partition coefficient (Wildman–Crippen LogP) is 2.09. The third kappa shape index (κ3) is 5.41. The Kier molecular flexibility index (Phi) is 7.41. The van der Waals surface area contributed by atoms with Crippen LogP contribution in [0, 0.1) is 18.2 Å². The second-order valence-electron chi connectivity index (χ2n) is 6.83. The Morgan fingerprint density at radius 3 is 2.60 bits per heavy atom. The molecule has 15 heteroatoms. The second-order valence-corrected chi connectivity index (χ2v) is 8.18. The maximum Gasteiger partial charge on any atom is 0.431 e. The maximum atomic E-state index is 14.7. The van der Waals surface area contributed by atoms with Crippen LogP contribution in [0.15, 0.2) is 32.8 Å². The highest BCUT2D eigenvalue weighted by atomic mass is 35.5. The van der Waals surface area contributed by atoms with Gasteiger partial charge in [0.15, 0.2) is 11.8 Å². The van der Waals surface area contributed by atoms with E-state index in [0.29, 0.717) is 6.07 Å². The van der Waals surface area contributed by atoms with E-state index >= 15 is 0 Å². The van der Waals surface area contributed by atoms with Gasteiger partial charge in [0, 0.05) is 13.1 Å². The average Bonchev–Trinajstić information content (AvgIpc) is 3.10. The average molecular weight is 533 g/mol. The molecule has 0 atom stereocenters. The molecule has 35 heavy (non-hydrogen) atoms. The fourth-order valence-electron chi connectivity index (χ4n) is 2.94. The SMILES string of the molecule is C#CCOC(=O)CN1C(=O)CS/C1=N\c1cc(-n2c(=O)cc(C(F)(F)F)n(C)c2=O)c(F)cc1Cl. The largest absolute Gasteiger partial charge is 0.451 e. The predicted molar refractivity (Wildman–Crippen MR) is 118 cm³/mol. The van der Waals surface area contributed by atoms with Crippen LogP contribution in [0.3, 0.4) is 0 Å². The van der Waals surface area contributed by atoms with Gasteiger partial charge in [-0.2, -0.15) is 13.2 Å². The van der Waals surface area contributed by atoms with Crippen molar-refractivity contribution < 1.29 is 31.9 Å².